The zero-order valence-electron chi connectivity index (χ0n) is 14.0. The molecular formula is C15H22N6O2. The van der Waals surface area contributed by atoms with Crippen LogP contribution in [-0.2, 0) is 4.74 Å². The summed E-state index contributed by atoms with van der Waals surface area (Å²) in [5, 5.41) is 2.49. The van der Waals surface area contributed by atoms with E-state index < -0.39 is 11.7 Å². The van der Waals surface area contributed by atoms with Crippen LogP contribution in [0.2, 0.25) is 0 Å². The summed E-state index contributed by atoms with van der Waals surface area (Å²) in [7, 11) is 0. The molecule has 3 N–H and O–H groups in total. The summed E-state index contributed by atoms with van der Waals surface area (Å²) in [6, 6.07) is 0. The van der Waals surface area contributed by atoms with Gasteiger partial charge >= 0.3 is 6.09 Å². The zero-order valence-corrected chi connectivity index (χ0v) is 14.0. The average Bonchev–Trinajstić information content (AvgIpc) is 2.43. The number of carbonyl (C=O) groups is 1. The topological polar surface area (TPSA) is 116 Å². The first kappa shape index (κ1) is 18.3. The van der Waals surface area contributed by atoms with Crippen LogP contribution in [0.3, 0.4) is 0 Å². The van der Waals surface area contributed by atoms with Gasteiger partial charge in [0, 0.05) is 0 Å². The Hall–Kier alpha value is -2.77. The van der Waals surface area contributed by atoms with Crippen LogP contribution >= 0.6 is 0 Å². The lowest BCUT2D eigenvalue weighted by Crippen LogP contribution is -2.27. The Morgan fingerprint density at radius 2 is 1.57 bits per heavy atom. The minimum absolute atomic E-state index is 0.384. The molecule has 1 amide bonds. The van der Waals surface area contributed by atoms with Gasteiger partial charge in [-0.05, 0) is 34.6 Å². The molecule has 0 aliphatic heterocycles. The van der Waals surface area contributed by atoms with Crippen molar-refractivity contribution in [2.24, 2.45) is 0 Å². The number of ether oxygens (including phenoxy) is 1. The van der Waals surface area contributed by atoms with Gasteiger partial charge in [0.15, 0.2) is 5.82 Å². The van der Waals surface area contributed by atoms with Crippen LogP contribution in [-0.4, -0.2) is 31.6 Å². The lowest BCUT2D eigenvalue weighted by Gasteiger charge is -2.19. The van der Waals surface area contributed by atoms with Crippen LogP contribution in [0.4, 0.5) is 16.4 Å². The van der Waals surface area contributed by atoms with Crippen molar-refractivity contribution in [3.63, 3.8) is 0 Å². The molecule has 2 heterocycles. The van der Waals surface area contributed by atoms with Gasteiger partial charge in [0.2, 0.25) is 0 Å². The molecule has 2 aromatic rings. The Bertz CT molecular complexity index is 599. The van der Waals surface area contributed by atoms with E-state index in [2.05, 4.69) is 25.3 Å². The number of anilines is 2. The number of carbonyl (C=O) groups excluding carboxylic acids is 1. The van der Waals surface area contributed by atoms with E-state index in [1.807, 2.05) is 13.8 Å². The predicted molar refractivity (Wildman–Crippen MR) is 87.8 cm³/mol. The van der Waals surface area contributed by atoms with Crippen molar-refractivity contribution in [1.82, 2.24) is 19.9 Å². The van der Waals surface area contributed by atoms with Gasteiger partial charge in [-0.3, -0.25) is 15.3 Å². The largest absolute Gasteiger partial charge is 0.444 e. The van der Waals surface area contributed by atoms with Gasteiger partial charge < -0.3 is 10.5 Å². The van der Waals surface area contributed by atoms with Crippen LogP contribution in [0.15, 0.2) is 24.8 Å². The summed E-state index contributed by atoms with van der Waals surface area (Å²) < 4.78 is 5.05. The fraction of sp³-hybridized carbons (Fsp3) is 0.400. The highest BCUT2D eigenvalue weighted by molar-refractivity contribution is 5.83. The number of nitrogen functional groups attached to an aromatic ring is 1. The first-order valence-corrected chi connectivity index (χ1v) is 6.98. The minimum Gasteiger partial charge on any atom is -0.444 e. The van der Waals surface area contributed by atoms with Crippen molar-refractivity contribution in [3.05, 3.63) is 36.2 Å². The molecule has 0 aliphatic carbocycles. The quantitative estimate of drug-likeness (QED) is 0.829. The van der Waals surface area contributed by atoms with Crippen molar-refractivity contribution in [2.45, 2.75) is 40.2 Å². The number of rotatable bonds is 1. The molecular weight excluding hydrogens is 296 g/mol. The highest BCUT2D eigenvalue weighted by atomic mass is 16.6. The van der Waals surface area contributed by atoms with Crippen LogP contribution < -0.4 is 11.1 Å². The smallest absolute Gasteiger partial charge is 0.413 e. The number of amides is 1. The van der Waals surface area contributed by atoms with E-state index in [0.717, 1.165) is 11.4 Å². The lowest BCUT2D eigenvalue weighted by molar-refractivity contribution is 0.0635. The van der Waals surface area contributed by atoms with Gasteiger partial charge in [-0.2, -0.15) is 0 Å². The molecule has 0 aliphatic rings. The van der Waals surface area contributed by atoms with E-state index in [4.69, 9.17) is 10.5 Å². The molecule has 0 spiro atoms. The van der Waals surface area contributed by atoms with Gasteiger partial charge in [0.25, 0.3) is 0 Å². The Kier molecular flexibility index (Phi) is 6.37. The SMILES string of the molecule is Cc1cnc(N)cn1.Cc1cnc(NC(=O)OC(C)(C)C)cn1. The molecule has 2 rings (SSSR count). The van der Waals surface area contributed by atoms with Crippen LogP contribution in [0, 0.1) is 13.8 Å². The Morgan fingerprint density at radius 1 is 1.00 bits per heavy atom. The first-order valence-electron chi connectivity index (χ1n) is 6.98. The van der Waals surface area contributed by atoms with E-state index in [9.17, 15) is 4.79 Å². The predicted octanol–water partition coefficient (Wildman–Crippen LogP) is 2.50. The summed E-state index contributed by atoms with van der Waals surface area (Å²) in [5.74, 6) is 0.852. The standard InChI is InChI=1S/C10H15N3O2.C5H7N3/c1-7-5-12-8(6-11-7)13-9(14)15-10(2,3)4;1-4-2-8-5(6)3-7-4/h5-6H,1-4H3,(H,12,13,14);2-3H,1H3,(H2,6,8). The molecule has 124 valence electrons. The maximum atomic E-state index is 11.3. The van der Waals surface area contributed by atoms with Crippen molar-refractivity contribution in [3.8, 4) is 0 Å². The Labute approximate surface area is 135 Å². The fourth-order valence-corrected chi connectivity index (χ4v) is 1.27. The van der Waals surface area contributed by atoms with Gasteiger partial charge in [-0.1, -0.05) is 0 Å². The van der Waals surface area contributed by atoms with E-state index in [1.54, 1.807) is 33.2 Å². The maximum Gasteiger partial charge on any atom is 0.413 e. The van der Waals surface area contributed by atoms with Crippen LogP contribution in [0.5, 0.6) is 0 Å². The molecule has 0 radical (unpaired) electrons. The molecule has 0 unspecified atom stereocenters. The summed E-state index contributed by atoms with van der Waals surface area (Å²) >= 11 is 0. The van der Waals surface area contributed by atoms with E-state index >= 15 is 0 Å². The molecule has 8 nitrogen and oxygen atoms in total. The highest BCUT2D eigenvalue weighted by Gasteiger charge is 2.16. The Morgan fingerprint density at radius 3 is 1.96 bits per heavy atom. The monoisotopic (exact) mass is 318 g/mol. The molecule has 0 saturated carbocycles. The third-order valence-electron chi connectivity index (χ3n) is 2.21. The molecule has 0 fully saturated rings. The average molecular weight is 318 g/mol. The molecule has 0 saturated heterocycles. The fourth-order valence-electron chi connectivity index (χ4n) is 1.27. The molecule has 0 bridgehead atoms. The molecule has 23 heavy (non-hydrogen) atoms. The summed E-state index contributed by atoms with van der Waals surface area (Å²) in [4.78, 5) is 27.0. The van der Waals surface area contributed by atoms with Crippen molar-refractivity contribution in [1.29, 1.82) is 0 Å². The van der Waals surface area contributed by atoms with Gasteiger partial charge in [0.05, 0.1) is 36.2 Å². The molecule has 2 aromatic heterocycles. The highest BCUT2D eigenvalue weighted by Crippen LogP contribution is 2.09. The minimum atomic E-state index is -0.527. The number of hydrogen-bond donors (Lipinski definition) is 2. The van der Waals surface area contributed by atoms with E-state index in [1.165, 1.54) is 12.4 Å². The normalized spacial score (nSPS) is 10.3. The third-order valence-corrected chi connectivity index (χ3v) is 2.21. The second-order valence-electron chi connectivity index (χ2n) is 5.75. The summed E-state index contributed by atoms with van der Waals surface area (Å²) in [6.07, 6.45) is 5.71. The number of aryl methyl sites for hydroxylation is 2. The van der Waals surface area contributed by atoms with Crippen molar-refractivity contribution in [2.75, 3.05) is 11.1 Å². The molecule has 8 heteroatoms. The number of nitrogens with one attached hydrogen (secondary N) is 1. The number of nitrogens with two attached hydrogens (primary N) is 1. The van der Waals surface area contributed by atoms with Crippen LogP contribution in [0.1, 0.15) is 32.2 Å². The molecule has 0 atom stereocenters. The molecule has 0 aromatic carbocycles. The van der Waals surface area contributed by atoms with Gasteiger partial charge in [-0.25, -0.2) is 14.8 Å². The van der Waals surface area contributed by atoms with E-state index in [0.29, 0.717) is 11.6 Å². The Balaban J connectivity index is 0.000000277. The second kappa shape index (κ2) is 8.02. The summed E-state index contributed by atoms with van der Waals surface area (Å²) in [6.45, 7) is 9.09. The van der Waals surface area contributed by atoms with E-state index in [-0.39, 0.29) is 0 Å². The van der Waals surface area contributed by atoms with Crippen molar-refractivity contribution < 1.29 is 9.53 Å². The third kappa shape index (κ3) is 8.30. The first-order chi connectivity index (χ1) is 10.7. The van der Waals surface area contributed by atoms with Gasteiger partial charge in [-0.15, -0.1) is 0 Å². The van der Waals surface area contributed by atoms with Crippen molar-refractivity contribution >= 4 is 17.7 Å². The second-order valence-corrected chi connectivity index (χ2v) is 5.75. The van der Waals surface area contributed by atoms with Crippen LogP contribution in [0.25, 0.3) is 0 Å². The zero-order chi connectivity index (χ0) is 17.5. The maximum absolute atomic E-state index is 11.3. The van der Waals surface area contributed by atoms with Gasteiger partial charge in [0.1, 0.15) is 11.4 Å². The number of hydrogen-bond acceptors (Lipinski definition) is 7. The number of aromatic nitrogens is 4. The number of nitrogens with zero attached hydrogens (tertiary/aromatic N) is 4. The lowest BCUT2D eigenvalue weighted by atomic mass is 10.2. The summed E-state index contributed by atoms with van der Waals surface area (Å²) in [5.41, 5.74) is 6.43.